The van der Waals surface area contributed by atoms with Crippen LogP contribution in [-0.4, -0.2) is 29.9 Å². The van der Waals surface area contributed by atoms with Crippen molar-refractivity contribution in [1.29, 1.82) is 0 Å². The molecule has 0 saturated heterocycles. The van der Waals surface area contributed by atoms with Crippen molar-refractivity contribution in [3.63, 3.8) is 0 Å². The van der Waals surface area contributed by atoms with Gasteiger partial charge in [-0.05, 0) is 37.1 Å². The summed E-state index contributed by atoms with van der Waals surface area (Å²) in [5.74, 6) is -0.481. The molecule has 0 saturated carbocycles. The van der Waals surface area contributed by atoms with Crippen molar-refractivity contribution < 1.29 is 19.2 Å². The van der Waals surface area contributed by atoms with Crippen LogP contribution in [-0.2, 0) is 0 Å². The van der Waals surface area contributed by atoms with Gasteiger partial charge in [0.25, 0.3) is 11.8 Å². The fourth-order valence-electron chi connectivity index (χ4n) is 2.46. The number of nitro groups is 1. The first-order valence-corrected chi connectivity index (χ1v) is 8.93. The summed E-state index contributed by atoms with van der Waals surface area (Å²) in [7, 11) is 0. The second-order valence-electron chi connectivity index (χ2n) is 6.48. The molecule has 0 fully saturated rings. The molecule has 2 N–H and O–H groups in total. The fraction of sp³-hybridized carbons (Fsp3) is 0.300. The SMILES string of the molecule is CCOc1ccc(C(=O)Nc2ccccc2C(=O)NCC(C)C)cc1[N+](=O)[O-]. The van der Waals surface area contributed by atoms with E-state index in [1.54, 1.807) is 31.2 Å². The summed E-state index contributed by atoms with van der Waals surface area (Å²) >= 11 is 0. The van der Waals surface area contributed by atoms with E-state index in [1.165, 1.54) is 12.1 Å². The topological polar surface area (TPSA) is 111 Å². The Morgan fingerprint density at radius 1 is 1.14 bits per heavy atom. The lowest BCUT2D eigenvalue weighted by atomic mass is 10.1. The molecule has 148 valence electrons. The average molecular weight is 385 g/mol. The van der Waals surface area contributed by atoms with E-state index in [1.807, 2.05) is 13.8 Å². The van der Waals surface area contributed by atoms with Crippen molar-refractivity contribution in [2.45, 2.75) is 20.8 Å². The van der Waals surface area contributed by atoms with Gasteiger partial charge in [0.05, 0.1) is 22.8 Å². The van der Waals surface area contributed by atoms with E-state index in [2.05, 4.69) is 10.6 Å². The van der Waals surface area contributed by atoms with Gasteiger partial charge in [0.2, 0.25) is 0 Å². The summed E-state index contributed by atoms with van der Waals surface area (Å²) in [6.07, 6.45) is 0. The summed E-state index contributed by atoms with van der Waals surface area (Å²) in [4.78, 5) is 35.6. The van der Waals surface area contributed by atoms with Gasteiger partial charge in [-0.3, -0.25) is 19.7 Å². The zero-order chi connectivity index (χ0) is 20.7. The lowest BCUT2D eigenvalue weighted by molar-refractivity contribution is -0.385. The molecule has 2 aromatic carbocycles. The highest BCUT2D eigenvalue weighted by Gasteiger charge is 2.20. The van der Waals surface area contributed by atoms with Crippen molar-refractivity contribution >= 4 is 23.2 Å². The lowest BCUT2D eigenvalue weighted by Gasteiger charge is -2.13. The molecule has 8 nitrogen and oxygen atoms in total. The van der Waals surface area contributed by atoms with Gasteiger partial charge in [-0.1, -0.05) is 26.0 Å². The van der Waals surface area contributed by atoms with Crippen LogP contribution < -0.4 is 15.4 Å². The Labute approximate surface area is 163 Å². The summed E-state index contributed by atoms with van der Waals surface area (Å²) < 4.78 is 5.22. The van der Waals surface area contributed by atoms with Gasteiger partial charge in [-0.15, -0.1) is 0 Å². The highest BCUT2D eigenvalue weighted by atomic mass is 16.6. The van der Waals surface area contributed by atoms with E-state index in [0.29, 0.717) is 17.8 Å². The van der Waals surface area contributed by atoms with Crippen LogP contribution in [0.1, 0.15) is 41.5 Å². The number of amides is 2. The van der Waals surface area contributed by atoms with Crippen LogP contribution in [0.25, 0.3) is 0 Å². The number of hydrogen-bond acceptors (Lipinski definition) is 5. The summed E-state index contributed by atoms with van der Waals surface area (Å²) in [6.45, 7) is 6.45. The van der Waals surface area contributed by atoms with Gasteiger partial charge in [0, 0.05) is 18.2 Å². The molecule has 28 heavy (non-hydrogen) atoms. The maximum atomic E-state index is 12.6. The van der Waals surface area contributed by atoms with Gasteiger partial charge >= 0.3 is 5.69 Å². The van der Waals surface area contributed by atoms with Crippen molar-refractivity contribution in [3.05, 3.63) is 63.7 Å². The van der Waals surface area contributed by atoms with Crippen molar-refractivity contribution in [2.24, 2.45) is 5.92 Å². The maximum Gasteiger partial charge on any atom is 0.311 e. The van der Waals surface area contributed by atoms with E-state index < -0.39 is 10.8 Å². The van der Waals surface area contributed by atoms with E-state index in [0.717, 1.165) is 6.07 Å². The van der Waals surface area contributed by atoms with Crippen LogP contribution in [0, 0.1) is 16.0 Å². The van der Waals surface area contributed by atoms with E-state index >= 15 is 0 Å². The molecular weight excluding hydrogens is 362 g/mol. The number of hydrogen-bond donors (Lipinski definition) is 2. The molecule has 2 amide bonds. The van der Waals surface area contributed by atoms with E-state index in [-0.39, 0.29) is 35.4 Å². The predicted octanol–water partition coefficient (Wildman–Crippen LogP) is 3.63. The Balaban J connectivity index is 2.25. The van der Waals surface area contributed by atoms with E-state index in [9.17, 15) is 19.7 Å². The smallest absolute Gasteiger partial charge is 0.311 e. The summed E-state index contributed by atoms with van der Waals surface area (Å²) in [6, 6.07) is 10.6. The average Bonchev–Trinajstić information content (AvgIpc) is 2.66. The van der Waals surface area contributed by atoms with Crippen LogP contribution >= 0.6 is 0 Å². The minimum Gasteiger partial charge on any atom is -0.487 e. The normalized spacial score (nSPS) is 10.4. The molecule has 0 aromatic heterocycles. The molecule has 0 aliphatic heterocycles. The molecule has 0 aliphatic rings. The Hall–Kier alpha value is -3.42. The molecule has 0 aliphatic carbocycles. The minimum absolute atomic E-state index is 0.0903. The number of carbonyl (C=O) groups is 2. The fourth-order valence-corrected chi connectivity index (χ4v) is 2.46. The van der Waals surface area contributed by atoms with Crippen LogP contribution in [0.2, 0.25) is 0 Å². The zero-order valence-electron chi connectivity index (χ0n) is 16.0. The van der Waals surface area contributed by atoms with Gasteiger partial charge < -0.3 is 15.4 Å². The maximum absolute atomic E-state index is 12.6. The van der Waals surface area contributed by atoms with Crippen LogP contribution in [0.4, 0.5) is 11.4 Å². The van der Waals surface area contributed by atoms with Crippen molar-refractivity contribution in [3.8, 4) is 5.75 Å². The molecule has 0 unspecified atom stereocenters. The summed E-state index contributed by atoms with van der Waals surface area (Å²) in [5.41, 5.74) is 0.437. The lowest BCUT2D eigenvalue weighted by Crippen LogP contribution is -2.28. The number of ether oxygens (including phenoxy) is 1. The highest BCUT2D eigenvalue weighted by molar-refractivity contribution is 6.09. The second-order valence-corrected chi connectivity index (χ2v) is 6.48. The molecule has 8 heteroatoms. The Morgan fingerprint density at radius 2 is 1.86 bits per heavy atom. The molecule has 0 bridgehead atoms. The van der Waals surface area contributed by atoms with Crippen LogP contribution in [0.5, 0.6) is 5.75 Å². The number of benzene rings is 2. The second kappa shape index (κ2) is 9.50. The molecule has 0 heterocycles. The van der Waals surface area contributed by atoms with Crippen LogP contribution in [0.15, 0.2) is 42.5 Å². The number of nitrogens with zero attached hydrogens (tertiary/aromatic N) is 1. The molecule has 0 spiro atoms. The minimum atomic E-state index is -0.602. The van der Waals surface area contributed by atoms with Gasteiger partial charge in [-0.2, -0.15) is 0 Å². The number of nitro benzene ring substituents is 1. The molecule has 0 atom stereocenters. The number of rotatable bonds is 8. The monoisotopic (exact) mass is 385 g/mol. The van der Waals surface area contributed by atoms with Crippen molar-refractivity contribution in [1.82, 2.24) is 5.32 Å². The number of nitrogens with one attached hydrogen (secondary N) is 2. The first-order valence-electron chi connectivity index (χ1n) is 8.93. The predicted molar refractivity (Wildman–Crippen MR) is 106 cm³/mol. The Morgan fingerprint density at radius 3 is 2.50 bits per heavy atom. The number of carbonyl (C=O) groups excluding carboxylic acids is 2. The first-order chi connectivity index (χ1) is 13.3. The third kappa shape index (κ3) is 5.29. The van der Waals surface area contributed by atoms with E-state index in [4.69, 9.17) is 4.74 Å². The molecule has 2 rings (SSSR count). The molecular formula is C20H23N3O5. The third-order valence-electron chi connectivity index (χ3n) is 3.81. The largest absolute Gasteiger partial charge is 0.487 e. The van der Waals surface area contributed by atoms with Crippen molar-refractivity contribution in [2.75, 3.05) is 18.5 Å². The summed E-state index contributed by atoms with van der Waals surface area (Å²) in [5, 5.41) is 16.7. The molecule has 2 aromatic rings. The zero-order valence-corrected chi connectivity index (χ0v) is 16.0. The standard InChI is InChI=1S/C20H23N3O5/c1-4-28-18-10-9-14(11-17(18)23(26)27)19(24)22-16-8-6-5-7-15(16)20(25)21-12-13(2)3/h5-11,13H,4,12H2,1-3H3,(H,21,25)(H,22,24). The molecule has 0 radical (unpaired) electrons. The Kier molecular flexibility index (Phi) is 7.08. The Bertz CT molecular complexity index is 880. The van der Waals surface area contributed by atoms with Gasteiger partial charge in [0.1, 0.15) is 0 Å². The number of anilines is 1. The highest BCUT2D eigenvalue weighted by Crippen LogP contribution is 2.28. The van der Waals surface area contributed by atoms with Crippen LogP contribution in [0.3, 0.4) is 0 Å². The first kappa shape index (κ1) is 20.9. The number of para-hydroxylation sites is 1. The van der Waals surface area contributed by atoms with Gasteiger partial charge in [-0.25, -0.2) is 0 Å². The third-order valence-corrected chi connectivity index (χ3v) is 3.81. The van der Waals surface area contributed by atoms with Gasteiger partial charge in [0.15, 0.2) is 5.75 Å². The quantitative estimate of drug-likeness (QED) is 0.532.